The lowest BCUT2D eigenvalue weighted by Crippen LogP contribution is -2.19. The third-order valence-corrected chi connectivity index (χ3v) is 7.33. The van der Waals surface area contributed by atoms with Gasteiger partial charge in [0.2, 0.25) is 0 Å². The third-order valence-electron chi connectivity index (χ3n) is 5.06. The summed E-state index contributed by atoms with van der Waals surface area (Å²) in [7, 11) is 1.59. The maximum absolute atomic E-state index is 12.2. The van der Waals surface area contributed by atoms with Gasteiger partial charge in [-0.2, -0.15) is 5.10 Å². The number of aromatic nitrogens is 1. The Bertz CT molecular complexity index is 1340. The SMILES string of the molecule is COc1cc(/C=N/NC(=O)CSc2nc(-c3ccc(Cl)cc3)cs2)ccc1OCc1ccc(C)cc1. The molecular weight excluding hydrogens is 514 g/mol. The Labute approximate surface area is 223 Å². The molecule has 0 aliphatic heterocycles. The smallest absolute Gasteiger partial charge is 0.250 e. The van der Waals surface area contributed by atoms with Gasteiger partial charge in [-0.05, 0) is 48.4 Å². The molecule has 0 unspecified atom stereocenters. The number of hydrogen-bond donors (Lipinski definition) is 1. The Morgan fingerprint density at radius 3 is 2.64 bits per heavy atom. The lowest BCUT2D eigenvalue weighted by Gasteiger charge is -2.11. The Morgan fingerprint density at radius 1 is 1.11 bits per heavy atom. The second-order valence-electron chi connectivity index (χ2n) is 7.77. The zero-order valence-corrected chi connectivity index (χ0v) is 22.1. The number of nitrogens with one attached hydrogen (secondary N) is 1. The number of carbonyl (C=O) groups excluding carboxylic acids is 1. The highest BCUT2D eigenvalue weighted by molar-refractivity contribution is 8.01. The number of hydrogen-bond acceptors (Lipinski definition) is 7. The summed E-state index contributed by atoms with van der Waals surface area (Å²) in [6, 6.07) is 21.2. The molecule has 9 heteroatoms. The van der Waals surface area contributed by atoms with Crippen LogP contribution in [-0.2, 0) is 11.4 Å². The number of nitrogens with zero attached hydrogens (tertiary/aromatic N) is 2. The van der Waals surface area contributed by atoms with Crippen molar-refractivity contribution in [1.29, 1.82) is 0 Å². The molecule has 184 valence electrons. The van der Waals surface area contributed by atoms with E-state index in [1.54, 1.807) is 13.3 Å². The van der Waals surface area contributed by atoms with Gasteiger partial charge in [0.25, 0.3) is 5.91 Å². The van der Waals surface area contributed by atoms with E-state index >= 15 is 0 Å². The van der Waals surface area contributed by atoms with Crippen LogP contribution in [-0.4, -0.2) is 30.0 Å². The molecule has 0 fully saturated rings. The van der Waals surface area contributed by atoms with Crippen LogP contribution in [0.2, 0.25) is 5.02 Å². The van der Waals surface area contributed by atoms with Crippen molar-refractivity contribution in [1.82, 2.24) is 10.4 Å². The normalized spacial score (nSPS) is 11.0. The summed E-state index contributed by atoms with van der Waals surface area (Å²) in [4.78, 5) is 16.8. The van der Waals surface area contributed by atoms with Gasteiger partial charge in [0.15, 0.2) is 15.8 Å². The second kappa shape index (κ2) is 12.6. The van der Waals surface area contributed by atoms with Crippen molar-refractivity contribution in [2.24, 2.45) is 5.10 Å². The zero-order valence-electron chi connectivity index (χ0n) is 19.7. The number of benzene rings is 3. The summed E-state index contributed by atoms with van der Waals surface area (Å²) in [6.07, 6.45) is 1.57. The van der Waals surface area contributed by atoms with Crippen LogP contribution in [0.15, 0.2) is 81.6 Å². The number of carbonyl (C=O) groups is 1. The molecule has 4 rings (SSSR count). The van der Waals surface area contributed by atoms with E-state index in [9.17, 15) is 4.79 Å². The van der Waals surface area contributed by atoms with Crippen LogP contribution in [0.25, 0.3) is 11.3 Å². The number of aryl methyl sites for hydroxylation is 1. The van der Waals surface area contributed by atoms with Crippen molar-refractivity contribution >= 4 is 46.8 Å². The number of ether oxygens (including phenoxy) is 2. The molecule has 0 atom stereocenters. The Morgan fingerprint density at radius 2 is 1.89 bits per heavy atom. The lowest BCUT2D eigenvalue weighted by molar-refractivity contribution is -0.118. The molecular formula is C27H24ClN3O3S2. The maximum Gasteiger partial charge on any atom is 0.250 e. The molecule has 0 aliphatic rings. The summed E-state index contributed by atoms with van der Waals surface area (Å²) in [5.41, 5.74) is 7.45. The molecule has 1 N–H and O–H groups in total. The molecule has 0 aliphatic carbocycles. The first-order chi connectivity index (χ1) is 17.5. The predicted molar refractivity (Wildman–Crippen MR) is 148 cm³/mol. The molecule has 6 nitrogen and oxygen atoms in total. The van der Waals surface area contributed by atoms with Gasteiger partial charge in [-0.1, -0.05) is 65.3 Å². The van der Waals surface area contributed by atoms with E-state index < -0.39 is 0 Å². The van der Waals surface area contributed by atoms with Gasteiger partial charge in [-0.25, -0.2) is 10.4 Å². The van der Waals surface area contributed by atoms with Crippen molar-refractivity contribution in [3.63, 3.8) is 0 Å². The van der Waals surface area contributed by atoms with Crippen molar-refractivity contribution in [2.75, 3.05) is 12.9 Å². The van der Waals surface area contributed by atoms with Crippen molar-refractivity contribution in [3.8, 4) is 22.8 Å². The Hall–Kier alpha value is -3.33. The molecule has 0 spiro atoms. The minimum absolute atomic E-state index is 0.208. The predicted octanol–water partition coefficient (Wildman–Crippen LogP) is 6.60. The van der Waals surface area contributed by atoms with Crippen molar-refractivity contribution < 1.29 is 14.3 Å². The van der Waals surface area contributed by atoms with E-state index in [4.69, 9.17) is 21.1 Å². The number of rotatable bonds is 10. The molecule has 0 saturated heterocycles. The summed E-state index contributed by atoms with van der Waals surface area (Å²) in [6.45, 7) is 2.49. The highest BCUT2D eigenvalue weighted by atomic mass is 35.5. The van der Waals surface area contributed by atoms with Gasteiger partial charge in [0, 0.05) is 16.0 Å². The maximum atomic E-state index is 12.2. The highest BCUT2D eigenvalue weighted by Crippen LogP contribution is 2.29. The largest absolute Gasteiger partial charge is 0.493 e. The topological polar surface area (TPSA) is 72.8 Å². The van der Waals surface area contributed by atoms with Crippen LogP contribution >= 0.6 is 34.7 Å². The number of thiazole rings is 1. The zero-order chi connectivity index (χ0) is 25.3. The van der Waals surface area contributed by atoms with E-state index in [0.717, 1.165) is 26.7 Å². The minimum atomic E-state index is -0.218. The number of hydrazone groups is 1. The molecule has 36 heavy (non-hydrogen) atoms. The van der Waals surface area contributed by atoms with Crippen molar-refractivity contribution in [3.05, 3.63) is 93.8 Å². The summed E-state index contributed by atoms with van der Waals surface area (Å²) >= 11 is 8.80. The second-order valence-corrected chi connectivity index (χ2v) is 10.3. The van der Waals surface area contributed by atoms with Crippen molar-refractivity contribution in [2.45, 2.75) is 17.9 Å². The van der Waals surface area contributed by atoms with Gasteiger partial charge < -0.3 is 9.47 Å². The van der Waals surface area contributed by atoms with Crippen LogP contribution in [0.1, 0.15) is 16.7 Å². The van der Waals surface area contributed by atoms with Gasteiger partial charge in [0.05, 0.1) is 24.8 Å². The van der Waals surface area contributed by atoms with Gasteiger partial charge in [-0.3, -0.25) is 4.79 Å². The summed E-state index contributed by atoms with van der Waals surface area (Å²) < 4.78 is 12.2. The molecule has 3 aromatic carbocycles. The summed E-state index contributed by atoms with van der Waals surface area (Å²) in [5.74, 6) is 1.22. The first kappa shape index (κ1) is 25.8. The average molecular weight is 538 g/mol. The number of thioether (sulfide) groups is 1. The van der Waals surface area contributed by atoms with E-state index in [1.807, 2.05) is 60.0 Å². The van der Waals surface area contributed by atoms with Crippen LogP contribution in [0, 0.1) is 6.92 Å². The molecule has 0 bridgehead atoms. The third kappa shape index (κ3) is 7.34. The standard InChI is InChI=1S/C27H24ClN3O3S2/c1-18-3-5-19(6-4-18)15-34-24-12-7-20(13-25(24)33-2)14-29-31-26(32)17-36-27-30-23(16-35-27)21-8-10-22(28)11-9-21/h3-14,16H,15,17H2,1-2H3,(H,31,32)/b29-14+. The number of methoxy groups -OCH3 is 1. The van der Waals surface area contributed by atoms with Crippen LogP contribution in [0.3, 0.4) is 0 Å². The fourth-order valence-corrected chi connectivity index (χ4v) is 4.90. The molecule has 1 aromatic heterocycles. The minimum Gasteiger partial charge on any atom is -0.493 e. The van der Waals surface area contributed by atoms with E-state index in [-0.39, 0.29) is 11.7 Å². The first-order valence-electron chi connectivity index (χ1n) is 11.0. The Kier molecular flexibility index (Phi) is 9.00. The fraction of sp³-hybridized carbons (Fsp3) is 0.148. The lowest BCUT2D eigenvalue weighted by atomic mass is 10.2. The Balaban J connectivity index is 1.26. The van der Waals surface area contributed by atoms with Crippen LogP contribution in [0.4, 0.5) is 0 Å². The molecule has 1 heterocycles. The van der Waals surface area contributed by atoms with E-state index in [2.05, 4.69) is 34.6 Å². The van der Waals surface area contributed by atoms with Crippen LogP contribution < -0.4 is 14.9 Å². The monoisotopic (exact) mass is 537 g/mol. The molecule has 4 aromatic rings. The fourth-order valence-electron chi connectivity index (χ4n) is 3.14. The first-order valence-corrected chi connectivity index (χ1v) is 13.3. The quantitative estimate of drug-likeness (QED) is 0.140. The number of halogens is 1. The highest BCUT2D eigenvalue weighted by Gasteiger charge is 2.09. The van der Waals surface area contributed by atoms with E-state index in [1.165, 1.54) is 28.7 Å². The summed E-state index contributed by atoms with van der Waals surface area (Å²) in [5, 5.41) is 6.70. The van der Waals surface area contributed by atoms with Gasteiger partial charge in [0.1, 0.15) is 6.61 Å². The average Bonchev–Trinajstić information content (AvgIpc) is 3.37. The molecule has 0 saturated carbocycles. The van der Waals surface area contributed by atoms with E-state index in [0.29, 0.717) is 23.1 Å². The number of amides is 1. The van der Waals surface area contributed by atoms with Crippen LogP contribution in [0.5, 0.6) is 11.5 Å². The molecule has 0 radical (unpaired) electrons. The van der Waals surface area contributed by atoms with Gasteiger partial charge in [-0.15, -0.1) is 11.3 Å². The molecule has 1 amide bonds. The van der Waals surface area contributed by atoms with Gasteiger partial charge >= 0.3 is 0 Å².